The molecule has 2 aromatic carbocycles. The summed E-state index contributed by atoms with van der Waals surface area (Å²) >= 11 is 0. The molecule has 3 rings (SSSR count). The van der Waals surface area contributed by atoms with Gasteiger partial charge in [0.2, 0.25) is 0 Å². The van der Waals surface area contributed by atoms with Crippen LogP contribution in [0, 0.1) is 20.8 Å². The van der Waals surface area contributed by atoms with Crippen LogP contribution >= 0.6 is 0 Å². The highest BCUT2D eigenvalue weighted by Crippen LogP contribution is 2.14. The normalized spacial score (nSPS) is 10.6. The molecule has 1 amide bonds. The molecule has 7 heteroatoms. The molecule has 0 spiro atoms. The summed E-state index contributed by atoms with van der Waals surface area (Å²) in [6.07, 6.45) is 0. The lowest BCUT2D eigenvalue weighted by molar-refractivity contribution is -0.123. The molecule has 0 atom stereocenters. The fraction of sp³-hybridized carbons (Fsp3) is 0.263. The minimum atomic E-state index is -0.236. The first-order valence-corrected chi connectivity index (χ1v) is 8.34. The number of aryl methyl sites for hydroxylation is 3. The summed E-state index contributed by atoms with van der Waals surface area (Å²) in [4.78, 5) is 12.0. The molecule has 7 nitrogen and oxygen atoms in total. The van der Waals surface area contributed by atoms with Crippen LogP contribution in [0.25, 0.3) is 5.69 Å². The molecule has 0 fully saturated rings. The van der Waals surface area contributed by atoms with Gasteiger partial charge in [-0.15, -0.1) is 5.10 Å². The summed E-state index contributed by atoms with van der Waals surface area (Å²) in [5.41, 5.74) is 4.35. The molecule has 0 bridgehead atoms. The fourth-order valence-corrected chi connectivity index (χ4v) is 2.39. The Bertz CT molecular complexity index is 903. The van der Waals surface area contributed by atoms with Crippen molar-refractivity contribution < 1.29 is 9.53 Å². The van der Waals surface area contributed by atoms with E-state index in [4.69, 9.17) is 4.74 Å². The van der Waals surface area contributed by atoms with Crippen molar-refractivity contribution in [3.05, 3.63) is 65.0 Å². The number of ether oxygens (including phenoxy) is 1. The number of aromatic nitrogens is 4. The van der Waals surface area contributed by atoms with Gasteiger partial charge >= 0.3 is 0 Å². The maximum absolute atomic E-state index is 12.0. The van der Waals surface area contributed by atoms with Crippen molar-refractivity contribution in [3.63, 3.8) is 0 Å². The molecule has 1 heterocycles. The summed E-state index contributed by atoms with van der Waals surface area (Å²) in [5.74, 6) is 0.975. The molecule has 0 radical (unpaired) electrons. The highest BCUT2D eigenvalue weighted by Gasteiger charge is 2.11. The molecule has 0 aliphatic rings. The van der Waals surface area contributed by atoms with Crippen molar-refractivity contribution in [2.24, 2.45) is 0 Å². The van der Waals surface area contributed by atoms with Gasteiger partial charge in [-0.25, -0.2) is 0 Å². The van der Waals surface area contributed by atoms with E-state index in [1.165, 1.54) is 5.56 Å². The number of carbonyl (C=O) groups excluding carboxylic acids is 1. The van der Waals surface area contributed by atoms with Crippen molar-refractivity contribution in [3.8, 4) is 11.4 Å². The van der Waals surface area contributed by atoms with Crippen LogP contribution in [0.3, 0.4) is 0 Å². The van der Waals surface area contributed by atoms with Gasteiger partial charge in [0.15, 0.2) is 12.4 Å². The Labute approximate surface area is 152 Å². The number of amides is 1. The minimum absolute atomic E-state index is 0.0612. The topological polar surface area (TPSA) is 81.9 Å². The molecule has 0 saturated carbocycles. The Morgan fingerprint density at radius 2 is 1.85 bits per heavy atom. The lowest BCUT2D eigenvalue weighted by atomic mass is 10.1. The van der Waals surface area contributed by atoms with E-state index in [-0.39, 0.29) is 19.1 Å². The maximum atomic E-state index is 12.0. The first kappa shape index (κ1) is 17.6. The van der Waals surface area contributed by atoms with Gasteiger partial charge in [0, 0.05) is 0 Å². The van der Waals surface area contributed by atoms with Gasteiger partial charge in [-0.3, -0.25) is 4.79 Å². The Morgan fingerprint density at radius 3 is 2.58 bits per heavy atom. The molecule has 1 aromatic heterocycles. The van der Waals surface area contributed by atoms with Gasteiger partial charge in [-0.1, -0.05) is 23.8 Å². The van der Waals surface area contributed by atoms with Crippen LogP contribution in [-0.2, 0) is 11.3 Å². The van der Waals surface area contributed by atoms with E-state index >= 15 is 0 Å². The smallest absolute Gasteiger partial charge is 0.258 e. The van der Waals surface area contributed by atoms with Crippen LogP contribution in [0.2, 0.25) is 0 Å². The van der Waals surface area contributed by atoms with Crippen LogP contribution in [-0.4, -0.2) is 32.7 Å². The Kier molecular flexibility index (Phi) is 5.26. The third kappa shape index (κ3) is 4.24. The van der Waals surface area contributed by atoms with E-state index in [2.05, 4.69) is 20.8 Å². The number of tetrazole rings is 1. The molecule has 134 valence electrons. The number of hydrogen-bond donors (Lipinski definition) is 1. The third-order valence-corrected chi connectivity index (χ3v) is 4.10. The molecule has 0 aliphatic carbocycles. The van der Waals surface area contributed by atoms with Gasteiger partial charge in [0.1, 0.15) is 5.75 Å². The second-order valence-electron chi connectivity index (χ2n) is 6.15. The number of nitrogens with one attached hydrogen (secondary N) is 1. The zero-order valence-electron chi connectivity index (χ0n) is 15.1. The lowest BCUT2D eigenvalue weighted by Crippen LogP contribution is -2.29. The molecule has 1 N–H and O–H groups in total. The molecule has 3 aromatic rings. The van der Waals surface area contributed by atoms with E-state index in [0.29, 0.717) is 11.6 Å². The molecule has 0 saturated heterocycles. The Morgan fingerprint density at radius 1 is 1.08 bits per heavy atom. The summed E-state index contributed by atoms with van der Waals surface area (Å²) in [6.45, 7) is 6.24. The van der Waals surface area contributed by atoms with Crippen LogP contribution < -0.4 is 10.1 Å². The average molecular weight is 351 g/mol. The first-order valence-electron chi connectivity index (χ1n) is 8.34. The van der Waals surface area contributed by atoms with Gasteiger partial charge in [0.05, 0.1) is 12.2 Å². The van der Waals surface area contributed by atoms with Crippen LogP contribution in [0.4, 0.5) is 0 Å². The zero-order valence-corrected chi connectivity index (χ0v) is 15.1. The standard InChI is InChI=1S/C19H21N5O2/c1-13-4-8-17(9-5-13)26-12-19(25)20-11-18-21-22-23-24(18)16-7-6-14(2)15(3)10-16/h4-10H,11-12H2,1-3H3,(H,20,25). The first-order chi connectivity index (χ1) is 12.5. The predicted molar refractivity (Wildman–Crippen MR) is 97.1 cm³/mol. The summed E-state index contributed by atoms with van der Waals surface area (Å²) in [7, 11) is 0. The number of hydrogen-bond acceptors (Lipinski definition) is 5. The molecule has 0 unspecified atom stereocenters. The predicted octanol–water partition coefficient (Wildman–Crippen LogP) is 2.28. The molecular weight excluding hydrogens is 330 g/mol. The van der Waals surface area contributed by atoms with Gasteiger partial charge in [0.25, 0.3) is 5.91 Å². The monoisotopic (exact) mass is 351 g/mol. The highest BCUT2D eigenvalue weighted by atomic mass is 16.5. The quantitative estimate of drug-likeness (QED) is 0.737. The minimum Gasteiger partial charge on any atom is -0.484 e. The van der Waals surface area contributed by atoms with Crippen molar-refractivity contribution in [2.45, 2.75) is 27.3 Å². The van der Waals surface area contributed by atoms with Gasteiger partial charge in [-0.2, -0.15) is 4.68 Å². The molecule has 0 aliphatic heterocycles. The third-order valence-electron chi connectivity index (χ3n) is 4.10. The molecular formula is C19H21N5O2. The van der Waals surface area contributed by atoms with E-state index < -0.39 is 0 Å². The zero-order chi connectivity index (χ0) is 18.5. The van der Waals surface area contributed by atoms with E-state index in [9.17, 15) is 4.79 Å². The number of carbonyl (C=O) groups is 1. The van der Waals surface area contributed by atoms with Crippen LogP contribution in [0.15, 0.2) is 42.5 Å². The maximum Gasteiger partial charge on any atom is 0.258 e. The van der Waals surface area contributed by atoms with Crippen molar-refractivity contribution in [1.82, 2.24) is 25.5 Å². The Hall–Kier alpha value is -3.22. The van der Waals surface area contributed by atoms with E-state index in [1.54, 1.807) is 4.68 Å². The van der Waals surface area contributed by atoms with Crippen molar-refractivity contribution in [2.75, 3.05) is 6.61 Å². The largest absolute Gasteiger partial charge is 0.484 e. The summed E-state index contributed by atoms with van der Waals surface area (Å²) in [6, 6.07) is 13.5. The number of rotatable bonds is 6. The summed E-state index contributed by atoms with van der Waals surface area (Å²) in [5, 5.41) is 14.5. The van der Waals surface area contributed by atoms with E-state index in [0.717, 1.165) is 16.8 Å². The second kappa shape index (κ2) is 7.77. The number of benzene rings is 2. The number of nitrogens with zero attached hydrogens (tertiary/aromatic N) is 4. The molecule has 26 heavy (non-hydrogen) atoms. The Balaban J connectivity index is 1.58. The summed E-state index contributed by atoms with van der Waals surface area (Å²) < 4.78 is 7.08. The second-order valence-corrected chi connectivity index (χ2v) is 6.15. The van der Waals surface area contributed by atoms with Gasteiger partial charge < -0.3 is 10.1 Å². The fourth-order valence-electron chi connectivity index (χ4n) is 2.39. The average Bonchev–Trinajstić information content (AvgIpc) is 3.10. The van der Waals surface area contributed by atoms with Crippen LogP contribution in [0.5, 0.6) is 5.75 Å². The van der Waals surface area contributed by atoms with Gasteiger partial charge in [-0.05, 0) is 66.6 Å². The van der Waals surface area contributed by atoms with Crippen LogP contribution in [0.1, 0.15) is 22.5 Å². The van der Waals surface area contributed by atoms with E-state index in [1.807, 2.05) is 63.2 Å². The van der Waals surface area contributed by atoms with Crippen molar-refractivity contribution in [1.29, 1.82) is 0 Å². The highest BCUT2D eigenvalue weighted by molar-refractivity contribution is 5.77. The lowest BCUT2D eigenvalue weighted by Gasteiger charge is -2.09. The SMILES string of the molecule is Cc1ccc(OCC(=O)NCc2nnnn2-c2ccc(C)c(C)c2)cc1. The van der Waals surface area contributed by atoms with Crippen molar-refractivity contribution >= 4 is 5.91 Å².